The van der Waals surface area contributed by atoms with Gasteiger partial charge in [0.1, 0.15) is 11.3 Å². The number of nitrogens with two attached hydrogens (primary N) is 1. The van der Waals surface area contributed by atoms with Crippen molar-refractivity contribution >= 4 is 17.0 Å². The molecule has 0 bridgehead atoms. The van der Waals surface area contributed by atoms with Crippen molar-refractivity contribution in [2.24, 2.45) is 11.1 Å². The van der Waals surface area contributed by atoms with Gasteiger partial charge in [0.25, 0.3) is 0 Å². The van der Waals surface area contributed by atoms with E-state index in [9.17, 15) is 0 Å². The molecule has 6 heteroatoms. The second-order valence-electron chi connectivity index (χ2n) is 5.33. The number of rotatable bonds is 2. The van der Waals surface area contributed by atoms with E-state index in [1.54, 1.807) is 6.20 Å². The van der Waals surface area contributed by atoms with E-state index in [0.717, 1.165) is 49.5 Å². The van der Waals surface area contributed by atoms with Crippen molar-refractivity contribution < 1.29 is 0 Å². The minimum absolute atomic E-state index is 0.280. The number of anilines is 1. The summed E-state index contributed by atoms with van der Waals surface area (Å²) in [6, 6.07) is 0. The molecule has 1 aliphatic rings. The lowest BCUT2D eigenvalue weighted by Gasteiger charge is -2.39. The van der Waals surface area contributed by atoms with E-state index in [2.05, 4.69) is 32.0 Å². The first-order valence-electron chi connectivity index (χ1n) is 6.31. The number of hydrogen-bond acceptors (Lipinski definition) is 5. The van der Waals surface area contributed by atoms with Gasteiger partial charge in [-0.3, -0.25) is 5.10 Å². The third-order valence-electron chi connectivity index (χ3n) is 3.93. The second kappa shape index (κ2) is 4.20. The molecule has 0 spiro atoms. The highest BCUT2D eigenvalue weighted by atomic mass is 15.2. The Kier molecular flexibility index (Phi) is 2.66. The van der Waals surface area contributed by atoms with E-state index in [4.69, 9.17) is 5.73 Å². The van der Waals surface area contributed by atoms with Gasteiger partial charge in [-0.1, -0.05) is 6.92 Å². The van der Waals surface area contributed by atoms with Gasteiger partial charge in [0.2, 0.25) is 0 Å². The largest absolute Gasteiger partial charge is 0.355 e. The summed E-state index contributed by atoms with van der Waals surface area (Å²) in [5.74, 6) is 0.922. The normalized spacial score (nSPS) is 19.3. The molecule has 18 heavy (non-hydrogen) atoms. The van der Waals surface area contributed by atoms with E-state index < -0.39 is 0 Å². The molecule has 0 aliphatic carbocycles. The third-order valence-corrected chi connectivity index (χ3v) is 3.93. The monoisotopic (exact) mass is 246 g/mol. The van der Waals surface area contributed by atoms with E-state index in [1.165, 1.54) is 0 Å². The molecular formula is C12H18N6. The van der Waals surface area contributed by atoms with Crippen LogP contribution in [-0.4, -0.2) is 39.8 Å². The van der Waals surface area contributed by atoms with Gasteiger partial charge in [-0.25, -0.2) is 9.97 Å². The Morgan fingerprint density at radius 1 is 1.39 bits per heavy atom. The molecule has 1 aliphatic heterocycles. The molecule has 3 N–H and O–H groups in total. The topological polar surface area (TPSA) is 83.7 Å². The number of hydrogen-bond donors (Lipinski definition) is 2. The molecule has 3 rings (SSSR count). The lowest BCUT2D eigenvalue weighted by molar-refractivity contribution is 0.258. The molecule has 2 aromatic rings. The Balaban J connectivity index is 1.79. The van der Waals surface area contributed by atoms with Crippen LogP contribution in [0.2, 0.25) is 0 Å². The third kappa shape index (κ3) is 1.92. The van der Waals surface area contributed by atoms with Crippen molar-refractivity contribution in [3.63, 3.8) is 0 Å². The zero-order chi connectivity index (χ0) is 12.6. The predicted octanol–water partition coefficient (Wildman–Crippen LogP) is 0.918. The number of nitrogens with one attached hydrogen (secondary N) is 1. The molecule has 1 saturated heterocycles. The first-order valence-corrected chi connectivity index (χ1v) is 6.31. The standard InChI is InChI=1S/C12H18N6/c1-12(8-13)2-4-18(5-3-12)10-7-14-9-6-15-17-11(9)16-10/h6-7H,2-5,8,13H2,1H3,(H,15,16,17). The van der Waals surface area contributed by atoms with E-state index in [0.29, 0.717) is 0 Å². The number of nitrogens with zero attached hydrogens (tertiary/aromatic N) is 4. The Labute approximate surface area is 106 Å². The zero-order valence-electron chi connectivity index (χ0n) is 10.6. The minimum Gasteiger partial charge on any atom is -0.355 e. The number of aromatic amines is 1. The highest BCUT2D eigenvalue weighted by Crippen LogP contribution is 2.31. The van der Waals surface area contributed by atoms with Gasteiger partial charge in [0.15, 0.2) is 5.65 Å². The average Bonchev–Trinajstić information content (AvgIpc) is 2.87. The van der Waals surface area contributed by atoms with Crippen molar-refractivity contribution in [3.05, 3.63) is 12.4 Å². The maximum atomic E-state index is 5.82. The van der Waals surface area contributed by atoms with Crippen LogP contribution in [-0.2, 0) is 0 Å². The summed E-state index contributed by atoms with van der Waals surface area (Å²) < 4.78 is 0. The van der Waals surface area contributed by atoms with Crippen LogP contribution in [0.15, 0.2) is 12.4 Å². The molecule has 6 nitrogen and oxygen atoms in total. The number of piperidine rings is 1. The van der Waals surface area contributed by atoms with E-state index >= 15 is 0 Å². The second-order valence-corrected chi connectivity index (χ2v) is 5.33. The zero-order valence-corrected chi connectivity index (χ0v) is 10.6. The first kappa shape index (κ1) is 11.4. The van der Waals surface area contributed by atoms with Crippen molar-refractivity contribution in [1.29, 1.82) is 0 Å². The number of fused-ring (bicyclic) bond motifs is 1. The van der Waals surface area contributed by atoms with Crippen LogP contribution >= 0.6 is 0 Å². The molecular weight excluding hydrogens is 228 g/mol. The van der Waals surface area contributed by atoms with Gasteiger partial charge in [0, 0.05) is 13.1 Å². The SMILES string of the molecule is CC1(CN)CCN(c2cnc3cn[nH]c3n2)CC1. The Morgan fingerprint density at radius 3 is 2.89 bits per heavy atom. The van der Waals surface area contributed by atoms with Gasteiger partial charge in [0.05, 0.1) is 12.4 Å². The Bertz CT molecular complexity index is 540. The molecule has 0 saturated carbocycles. The first-order chi connectivity index (χ1) is 8.70. The Morgan fingerprint density at radius 2 is 2.17 bits per heavy atom. The molecule has 96 valence electrons. The summed E-state index contributed by atoms with van der Waals surface area (Å²) in [4.78, 5) is 11.2. The number of H-pyrrole nitrogens is 1. The van der Waals surface area contributed by atoms with Crippen molar-refractivity contribution in [2.45, 2.75) is 19.8 Å². The lowest BCUT2D eigenvalue weighted by atomic mass is 9.80. The molecule has 0 radical (unpaired) electrons. The maximum Gasteiger partial charge on any atom is 0.176 e. The summed E-state index contributed by atoms with van der Waals surface area (Å²) in [7, 11) is 0. The quantitative estimate of drug-likeness (QED) is 0.823. The van der Waals surface area contributed by atoms with Crippen molar-refractivity contribution in [1.82, 2.24) is 20.2 Å². The summed E-state index contributed by atoms with van der Waals surface area (Å²) in [6.45, 7) is 4.99. The summed E-state index contributed by atoms with van der Waals surface area (Å²) in [6.07, 6.45) is 5.72. The predicted molar refractivity (Wildman–Crippen MR) is 70.3 cm³/mol. The van der Waals surface area contributed by atoms with E-state index in [-0.39, 0.29) is 5.41 Å². The van der Waals surface area contributed by atoms with Gasteiger partial charge >= 0.3 is 0 Å². The summed E-state index contributed by atoms with van der Waals surface area (Å²) in [5, 5.41) is 6.80. The molecule has 1 fully saturated rings. The van der Waals surface area contributed by atoms with Crippen molar-refractivity contribution in [3.8, 4) is 0 Å². The molecule has 0 aromatic carbocycles. The molecule has 0 unspecified atom stereocenters. The maximum absolute atomic E-state index is 5.82. The van der Waals surface area contributed by atoms with E-state index in [1.807, 2.05) is 6.20 Å². The number of aromatic nitrogens is 4. The molecule has 0 amide bonds. The van der Waals surface area contributed by atoms with Crippen LogP contribution < -0.4 is 10.6 Å². The summed E-state index contributed by atoms with van der Waals surface area (Å²) in [5.41, 5.74) is 7.66. The lowest BCUT2D eigenvalue weighted by Crippen LogP contribution is -2.42. The van der Waals surface area contributed by atoms with Gasteiger partial charge < -0.3 is 10.6 Å². The summed E-state index contributed by atoms with van der Waals surface area (Å²) >= 11 is 0. The van der Waals surface area contributed by atoms with Gasteiger partial charge in [-0.05, 0) is 24.8 Å². The van der Waals surface area contributed by atoms with Crippen LogP contribution in [0.25, 0.3) is 11.2 Å². The Hall–Kier alpha value is -1.69. The van der Waals surface area contributed by atoms with Gasteiger partial charge in [-0.2, -0.15) is 5.10 Å². The van der Waals surface area contributed by atoms with Crippen molar-refractivity contribution in [2.75, 3.05) is 24.5 Å². The van der Waals surface area contributed by atoms with Crippen LogP contribution in [0.1, 0.15) is 19.8 Å². The van der Waals surface area contributed by atoms with Crippen LogP contribution in [0.4, 0.5) is 5.82 Å². The fourth-order valence-electron chi connectivity index (χ4n) is 2.35. The molecule has 0 atom stereocenters. The van der Waals surface area contributed by atoms with Crippen LogP contribution in [0.3, 0.4) is 0 Å². The minimum atomic E-state index is 0.280. The smallest absolute Gasteiger partial charge is 0.176 e. The fourth-order valence-corrected chi connectivity index (χ4v) is 2.35. The molecule has 3 heterocycles. The van der Waals surface area contributed by atoms with Crippen LogP contribution in [0.5, 0.6) is 0 Å². The highest BCUT2D eigenvalue weighted by Gasteiger charge is 2.29. The average molecular weight is 246 g/mol. The highest BCUT2D eigenvalue weighted by molar-refractivity contribution is 5.70. The van der Waals surface area contributed by atoms with Gasteiger partial charge in [-0.15, -0.1) is 0 Å². The van der Waals surface area contributed by atoms with Crippen LogP contribution in [0, 0.1) is 5.41 Å². The molecule has 2 aromatic heterocycles. The fraction of sp³-hybridized carbons (Fsp3) is 0.583.